The molecule has 5 nitrogen and oxygen atoms in total. The highest BCUT2D eigenvalue weighted by atomic mass is 127. The second kappa shape index (κ2) is 12.7. The Morgan fingerprint density at radius 2 is 1.81 bits per heavy atom. The second-order valence-electron chi connectivity index (χ2n) is 5.33. The van der Waals surface area contributed by atoms with Crippen LogP contribution in [0.15, 0.2) is 58.4 Å². The molecule has 0 radical (unpaired) electrons. The third-order valence-electron chi connectivity index (χ3n) is 3.52. The molecule has 0 aromatic heterocycles. The molecule has 0 aliphatic carbocycles. The summed E-state index contributed by atoms with van der Waals surface area (Å²) in [7, 11) is 3.24. The van der Waals surface area contributed by atoms with E-state index in [1.807, 2.05) is 36.0 Å². The first kappa shape index (κ1) is 22.4. The minimum Gasteiger partial charge on any atom is -0.493 e. The van der Waals surface area contributed by atoms with Crippen LogP contribution in [-0.4, -0.2) is 32.5 Å². The monoisotopic (exact) mass is 487 g/mol. The molecule has 0 aliphatic rings. The maximum Gasteiger partial charge on any atom is 0.188 e. The first-order chi connectivity index (χ1) is 12.2. The van der Waals surface area contributed by atoms with E-state index in [0.29, 0.717) is 24.0 Å². The number of ether oxygens (including phenoxy) is 2. The molecule has 0 unspecified atom stereocenters. The van der Waals surface area contributed by atoms with Gasteiger partial charge in [0.15, 0.2) is 17.5 Å². The molecule has 0 bridgehead atoms. The molecule has 142 valence electrons. The van der Waals surface area contributed by atoms with Gasteiger partial charge in [-0.3, -0.25) is 0 Å². The van der Waals surface area contributed by atoms with Gasteiger partial charge in [0.1, 0.15) is 0 Å². The lowest BCUT2D eigenvalue weighted by Crippen LogP contribution is -2.32. The number of thioether (sulfide) groups is 1. The van der Waals surface area contributed by atoms with Crippen LogP contribution < -0.4 is 20.5 Å². The first-order valence-corrected chi connectivity index (χ1v) is 9.14. The molecule has 7 heteroatoms. The predicted molar refractivity (Wildman–Crippen MR) is 120 cm³/mol. The van der Waals surface area contributed by atoms with Crippen LogP contribution in [-0.2, 0) is 6.54 Å². The molecule has 26 heavy (non-hydrogen) atoms. The van der Waals surface area contributed by atoms with Crippen LogP contribution in [0.1, 0.15) is 12.0 Å². The van der Waals surface area contributed by atoms with Crippen molar-refractivity contribution in [3.63, 3.8) is 0 Å². The van der Waals surface area contributed by atoms with Gasteiger partial charge in [-0.25, -0.2) is 4.99 Å². The largest absolute Gasteiger partial charge is 0.493 e. The van der Waals surface area contributed by atoms with Crippen molar-refractivity contribution in [2.45, 2.75) is 17.9 Å². The number of methoxy groups -OCH3 is 2. The van der Waals surface area contributed by atoms with Crippen molar-refractivity contribution in [3.05, 3.63) is 54.1 Å². The standard InChI is InChI=1S/C19H25N3O2S.HI/c1-23-17-10-9-15(13-18(17)24-2)14-22-19(20)21-11-6-12-25-16-7-4-3-5-8-16;/h3-5,7-10,13H,6,11-12,14H2,1-2H3,(H3,20,21,22);1H. The Kier molecular flexibility index (Phi) is 11.0. The van der Waals surface area contributed by atoms with Crippen molar-refractivity contribution in [2.24, 2.45) is 10.7 Å². The average molecular weight is 487 g/mol. The third kappa shape index (κ3) is 7.74. The van der Waals surface area contributed by atoms with Gasteiger partial charge in [-0.05, 0) is 42.0 Å². The van der Waals surface area contributed by atoms with Crippen LogP contribution >= 0.6 is 35.7 Å². The van der Waals surface area contributed by atoms with Crippen LogP contribution in [0.25, 0.3) is 0 Å². The smallest absolute Gasteiger partial charge is 0.188 e. The topological polar surface area (TPSA) is 68.9 Å². The van der Waals surface area contributed by atoms with Crippen LogP contribution in [0.3, 0.4) is 0 Å². The van der Waals surface area contributed by atoms with E-state index < -0.39 is 0 Å². The summed E-state index contributed by atoms with van der Waals surface area (Å²) < 4.78 is 10.5. The fourth-order valence-corrected chi connectivity index (χ4v) is 3.08. The molecule has 2 aromatic rings. The highest BCUT2D eigenvalue weighted by molar-refractivity contribution is 14.0. The molecule has 2 aromatic carbocycles. The zero-order chi connectivity index (χ0) is 17.9. The molecule has 2 rings (SSSR count). The lowest BCUT2D eigenvalue weighted by atomic mass is 10.2. The number of rotatable bonds is 9. The first-order valence-electron chi connectivity index (χ1n) is 8.15. The molecule has 0 saturated heterocycles. The van der Waals surface area contributed by atoms with Gasteiger partial charge in [-0.2, -0.15) is 0 Å². The number of nitrogens with zero attached hydrogens (tertiary/aromatic N) is 1. The van der Waals surface area contributed by atoms with Crippen LogP contribution in [0.4, 0.5) is 0 Å². The summed E-state index contributed by atoms with van der Waals surface area (Å²) in [5.41, 5.74) is 6.93. The van der Waals surface area contributed by atoms with E-state index in [0.717, 1.165) is 24.3 Å². The number of hydrogen-bond donors (Lipinski definition) is 2. The van der Waals surface area contributed by atoms with Crippen molar-refractivity contribution in [3.8, 4) is 11.5 Å². The Hall–Kier alpha value is -1.61. The summed E-state index contributed by atoms with van der Waals surface area (Å²) in [6, 6.07) is 16.1. The number of guanidine groups is 1. The summed E-state index contributed by atoms with van der Waals surface area (Å²) in [4.78, 5) is 5.65. The van der Waals surface area contributed by atoms with Gasteiger partial charge < -0.3 is 20.5 Å². The Morgan fingerprint density at radius 3 is 2.50 bits per heavy atom. The molecule has 3 N–H and O–H groups in total. The Labute approximate surface area is 176 Å². The zero-order valence-corrected chi connectivity index (χ0v) is 18.3. The summed E-state index contributed by atoms with van der Waals surface area (Å²) in [5.74, 6) is 2.90. The van der Waals surface area contributed by atoms with Crippen molar-refractivity contribution in [2.75, 3.05) is 26.5 Å². The fraction of sp³-hybridized carbons (Fsp3) is 0.316. The maximum absolute atomic E-state index is 5.92. The molecular formula is C19H26IN3O2S. The summed E-state index contributed by atoms with van der Waals surface area (Å²) in [5, 5.41) is 3.15. The normalized spacial score (nSPS) is 10.8. The Bertz CT molecular complexity index is 684. The quantitative estimate of drug-likeness (QED) is 0.185. The summed E-state index contributed by atoms with van der Waals surface area (Å²) in [6.45, 7) is 1.30. The molecule has 0 atom stereocenters. The number of halogens is 1. The lowest BCUT2D eigenvalue weighted by Gasteiger charge is -2.09. The van der Waals surface area contributed by atoms with Gasteiger partial charge in [0.05, 0.1) is 20.8 Å². The SMILES string of the molecule is COc1ccc(CN=C(N)NCCCSc2ccccc2)cc1OC.I. The number of hydrogen-bond acceptors (Lipinski definition) is 4. The third-order valence-corrected chi connectivity index (χ3v) is 4.62. The van der Waals surface area contributed by atoms with E-state index in [9.17, 15) is 0 Å². The van der Waals surface area contributed by atoms with Gasteiger partial charge >= 0.3 is 0 Å². The van der Waals surface area contributed by atoms with Gasteiger partial charge in [-0.1, -0.05) is 24.3 Å². The highest BCUT2D eigenvalue weighted by Gasteiger charge is 2.04. The molecule has 0 amide bonds. The Morgan fingerprint density at radius 1 is 1.08 bits per heavy atom. The number of aliphatic imine (C=N–C) groups is 1. The fourth-order valence-electron chi connectivity index (χ4n) is 2.21. The van der Waals surface area contributed by atoms with E-state index in [-0.39, 0.29) is 24.0 Å². The van der Waals surface area contributed by atoms with Crippen LogP contribution in [0, 0.1) is 0 Å². The van der Waals surface area contributed by atoms with Crippen LogP contribution in [0.2, 0.25) is 0 Å². The number of nitrogens with two attached hydrogens (primary N) is 1. The van der Waals surface area contributed by atoms with Crippen molar-refractivity contribution in [1.82, 2.24) is 5.32 Å². The molecule has 0 fully saturated rings. The van der Waals surface area contributed by atoms with Gasteiger partial charge in [0.25, 0.3) is 0 Å². The van der Waals surface area contributed by atoms with Gasteiger partial charge in [0.2, 0.25) is 0 Å². The highest BCUT2D eigenvalue weighted by Crippen LogP contribution is 2.27. The molecule has 0 heterocycles. The van der Waals surface area contributed by atoms with Gasteiger partial charge in [0, 0.05) is 11.4 Å². The van der Waals surface area contributed by atoms with E-state index in [4.69, 9.17) is 15.2 Å². The van der Waals surface area contributed by atoms with Gasteiger partial charge in [-0.15, -0.1) is 35.7 Å². The summed E-state index contributed by atoms with van der Waals surface area (Å²) >= 11 is 1.84. The lowest BCUT2D eigenvalue weighted by molar-refractivity contribution is 0.354. The average Bonchev–Trinajstić information content (AvgIpc) is 2.66. The zero-order valence-electron chi connectivity index (χ0n) is 15.1. The Balaban J connectivity index is 0.00000338. The summed E-state index contributed by atoms with van der Waals surface area (Å²) in [6.07, 6.45) is 1.02. The van der Waals surface area contributed by atoms with Crippen molar-refractivity contribution in [1.29, 1.82) is 0 Å². The predicted octanol–water partition coefficient (Wildman–Crippen LogP) is 3.91. The molecular weight excluding hydrogens is 461 g/mol. The van der Waals surface area contributed by atoms with E-state index in [2.05, 4.69) is 34.6 Å². The molecule has 0 spiro atoms. The van der Waals surface area contributed by atoms with Crippen molar-refractivity contribution >= 4 is 41.7 Å². The molecule has 0 aliphatic heterocycles. The van der Waals surface area contributed by atoms with E-state index in [1.54, 1.807) is 14.2 Å². The van der Waals surface area contributed by atoms with Crippen molar-refractivity contribution < 1.29 is 9.47 Å². The maximum atomic E-state index is 5.92. The number of benzene rings is 2. The minimum absolute atomic E-state index is 0. The van der Waals surface area contributed by atoms with Crippen LogP contribution in [0.5, 0.6) is 11.5 Å². The minimum atomic E-state index is 0. The second-order valence-corrected chi connectivity index (χ2v) is 6.50. The van der Waals surface area contributed by atoms with E-state index >= 15 is 0 Å². The molecule has 0 saturated carbocycles. The van der Waals surface area contributed by atoms with E-state index in [1.165, 1.54) is 4.90 Å². The number of nitrogens with one attached hydrogen (secondary N) is 1.